The molecule has 0 fully saturated rings. The molecule has 6 heteroatoms. The first-order chi connectivity index (χ1) is 7.89. The third kappa shape index (κ3) is 10.2. The van der Waals surface area contributed by atoms with Gasteiger partial charge >= 0.3 is 13.6 Å². The first-order valence-corrected chi connectivity index (χ1v) is 7.56. The molecular weight excluding hydrogens is 243 g/mol. The fourth-order valence-corrected chi connectivity index (χ4v) is 2.25. The molecule has 0 saturated carbocycles. The maximum absolute atomic E-state index is 11.0. The lowest BCUT2D eigenvalue weighted by molar-refractivity contribution is -0.142. The van der Waals surface area contributed by atoms with Crippen LogP contribution in [0.3, 0.4) is 0 Å². The Kier molecular flexibility index (Phi) is 8.13. The van der Waals surface area contributed by atoms with E-state index in [4.69, 9.17) is 14.5 Å². The van der Waals surface area contributed by atoms with Gasteiger partial charge in [0.25, 0.3) is 0 Å². The van der Waals surface area contributed by atoms with Crippen LogP contribution < -0.4 is 0 Å². The van der Waals surface area contributed by atoms with Gasteiger partial charge in [0.15, 0.2) is 0 Å². The van der Waals surface area contributed by atoms with Crippen LogP contribution in [-0.2, 0) is 14.1 Å². The Balaban J connectivity index is 4.15. The Hall–Kier alpha value is -0.640. The molecule has 1 unspecified atom stereocenters. The van der Waals surface area contributed by atoms with Crippen molar-refractivity contribution in [3.05, 3.63) is 12.7 Å². The van der Waals surface area contributed by atoms with E-state index in [0.29, 0.717) is 6.42 Å². The number of ether oxygens (including phenoxy) is 1. The van der Waals surface area contributed by atoms with Crippen LogP contribution in [0.2, 0.25) is 0 Å². The quantitative estimate of drug-likeness (QED) is 0.289. The van der Waals surface area contributed by atoms with E-state index >= 15 is 0 Å². The van der Waals surface area contributed by atoms with E-state index < -0.39 is 25.8 Å². The van der Waals surface area contributed by atoms with Crippen molar-refractivity contribution in [1.82, 2.24) is 0 Å². The lowest BCUT2D eigenvalue weighted by atomic mass is 10.1. The third-order valence-corrected chi connectivity index (χ3v) is 3.15. The molecule has 0 spiro atoms. The summed E-state index contributed by atoms with van der Waals surface area (Å²) in [6.07, 6.45) is 4.25. The van der Waals surface area contributed by atoms with Crippen molar-refractivity contribution >= 4 is 13.6 Å². The number of carbonyl (C=O) groups is 1. The summed E-state index contributed by atoms with van der Waals surface area (Å²) in [4.78, 5) is 28.7. The molecule has 0 heterocycles. The van der Waals surface area contributed by atoms with Crippen molar-refractivity contribution in [3.8, 4) is 0 Å². The molecule has 5 nitrogen and oxygen atoms in total. The normalized spacial score (nSPS) is 13.1. The minimum atomic E-state index is -4.16. The number of hydrogen-bond acceptors (Lipinski definition) is 3. The second-order valence-electron chi connectivity index (χ2n) is 3.96. The summed E-state index contributed by atoms with van der Waals surface area (Å²) in [6, 6.07) is 0. The first-order valence-electron chi connectivity index (χ1n) is 5.76. The van der Waals surface area contributed by atoms with Crippen LogP contribution in [0.4, 0.5) is 0 Å². The van der Waals surface area contributed by atoms with E-state index in [2.05, 4.69) is 13.5 Å². The molecule has 100 valence electrons. The van der Waals surface area contributed by atoms with Crippen molar-refractivity contribution in [2.75, 3.05) is 6.16 Å². The molecule has 0 aromatic heterocycles. The Morgan fingerprint density at radius 3 is 2.53 bits per heavy atom. The molecule has 0 aliphatic rings. The molecule has 0 amide bonds. The smallest absolute Gasteiger partial charge is 0.330 e. The van der Waals surface area contributed by atoms with Crippen molar-refractivity contribution in [2.24, 2.45) is 0 Å². The van der Waals surface area contributed by atoms with Gasteiger partial charge in [-0.3, -0.25) is 4.57 Å². The van der Waals surface area contributed by atoms with Crippen LogP contribution in [0.25, 0.3) is 0 Å². The van der Waals surface area contributed by atoms with Gasteiger partial charge in [-0.1, -0.05) is 32.8 Å². The highest BCUT2D eigenvalue weighted by atomic mass is 31.2. The molecule has 0 bridgehead atoms. The van der Waals surface area contributed by atoms with Crippen LogP contribution in [0.15, 0.2) is 12.7 Å². The minimum absolute atomic E-state index is 0.418. The Bertz CT molecular complexity index is 284. The van der Waals surface area contributed by atoms with E-state index in [0.717, 1.165) is 31.8 Å². The highest BCUT2D eigenvalue weighted by Crippen LogP contribution is 2.36. The average molecular weight is 264 g/mol. The maximum atomic E-state index is 11.0. The maximum Gasteiger partial charge on any atom is 0.330 e. The predicted octanol–water partition coefficient (Wildman–Crippen LogP) is 2.23. The fourth-order valence-electron chi connectivity index (χ4n) is 1.46. The second-order valence-corrected chi connectivity index (χ2v) is 5.65. The van der Waals surface area contributed by atoms with Crippen molar-refractivity contribution in [1.29, 1.82) is 0 Å². The number of unbranched alkanes of at least 4 members (excludes halogenated alkanes) is 3. The monoisotopic (exact) mass is 264 g/mol. The van der Waals surface area contributed by atoms with E-state index in [1.807, 2.05) is 0 Å². The van der Waals surface area contributed by atoms with Gasteiger partial charge in [-0.05, 0) is 12.8 Å². The standard InChI is InChI=1S/C11H21O5P/c1-3-5-6-7-8-10(9-17(13,14)15)16-11(12)4-2/h4,10H,2-3,5-9H2,1H3,(H2,13,14,15). The highest BCUT2D eigenvalue weighted by Gasteiger charge is 2.23. The molecule has 0 aromatic carbocycles. The number of esters is 1. The third-order valence-electron chi connectivity index (χ3n) is 2.27. The molecule has 0 radical (unpaired) electrons. The van der Waals surface area contributed by atoms with Crippen molar-refractivity contribution < 1.29 is 23.9 Å². The van der Waals surface area contributed by atoms with Crippen LogP contribution in [0.5, 0.6) is 0 Å². The van der Waals surface area contributed by atoms with E-state index in [1.165, 1.54) is 0 Å². The minimum Gasteiger partial charge on any atom is -0.459 e. The molecular formula is C11H21O5P. The largest absolute Gasteiger partial charge is 0.459 e. The zero-order valence-corrected chi connectivity index (χ0v) is 11.1. The molecule has 2 N–H and O–H groups in total. The van der Waals surface area contributed by atoms with Gasteiger partial charge in [0.1, 0.15) is 6.10 Å². The topological polar surface area (TPSA) is 83.8 Å². The number of carbonyl (C=O) groups excluding carboxylic acids is 1. The summed E-state index contributed by atoms with van der Waals surface area (Å²) >= 11 is 0. The highest BCUT2D eigenvalue weighted by molar-refractivity contribution is 7.51. The van der Waals surface area contributed by atoms with Gasteiger partial charge in [-0.15, -0.1) is 0 Å². The Labute approximate surface area is 102 Å². The molecule has 0 aliphatic carbocycles. The SMILES string of the molecule is C=CC(=O)OC(CCCCCC)CP(=O)(O)O. The average Bonchev–Trinajstić information content (AvgIpc) is 2.21. The fraction of sp³-hybridized carbons (Fsp3) is 0.727. The summed E-state index contributed by atoms with van der Waals surface area (Å²) in [6.45, 7) is 5.33. The summed E-state index contributed by atoms with van der Waals surface area (Å²) < 4.78 is 15.8. The molecule has 1 atom stereocenters. The lowest BCUT2D eigenvalue weighted by Crippen LogP contribution is -2.21. The van der Waals surface area contributed by atoms with Crippen LogP contribution in [0, 0.1) is 0 Å². The molecule has 0 aromatic rings. The van der Waals surface area contributed by atoms with E-state index in [-0.39, 0.29) is 0 Å². The van der Waals surface area contributed by atoms with Crippen LogP contribution in [-0.4, -0.2) is 28.0 Å². The van der Waals surface area contributed by atoms with Gasteiger partial charge in [0.05, 0.1) is 6.16 Å². The number of hydrogen-bond donors (Lipinski definition) is 2. The summed E-state index contributed by atoms with van der Waals surface area (Å²) in [5.41, 5.74) is 0. The number of rotatable bonds is 9. The molecule has 0 rings (SSSR count). The van der Waals surface area contributed by atoms with E-state index in [1.54, 1.807) is 0 Å². The molecule has 0 aliphatic heterocycles. The zero-order chi connectivity index (χ0) is 13.3. The summed E-state index contributed by atoms with van der Waals surface area (Å²) in [5, 5.41) is 0. The van der Waals surface area contributed by atoms with Gasteiger partial charge < -0.3 is 14.5 Å². The van der Waals surface area contributed by atoms with Crippen molar-refractivity contribution in [3.63, 3.8) is 0 Å². The Morgan fingerprint density at radius 1 is 1.41 bits per heavy atom. The predicted molar refractivity (Wildman–Crippen MR) is 65.7 cm³/mol. The summed E-state index contributed by atoms with van der Waals surface area (Å²) in [5.74, 6) is -0.640. The Morgan fingerprint density at radius 2 is 2.06 bits per heavy atom. The van der Waals surface area contributed by atoms with Gasteiger partial charge in [-0.2, -0.15) is 0 Å². The first kappa shape index (κ1) is 16.4. The van der Waals surface area contributed by atoms with E-state index in [9.17, 15) is 9.36 Å². The second kappa shape index (κ2) is 8.45. The van der Waals surface area contributed by atoms with Crippen molar-refractivity contribution in [2.45, 2.75) is 45.1 Å². The lowest BCUT2D eigenvalue weighted by Gasteiger charge is -2.17. The molecule has 17 heavy (non-hydrogen) atoms. The van der Waals surface area contributed by atoms with Crippen LogP contribution in [0.1, 0.15) is 39.0 Å². The zero-order valence-electron chi connectivity index (χ0n) is 10.2. The van der Waals surface area contributed by atoms with Crippen LogP contribution >= 0.6 is 7.60 Å². The van der Waals surface area contributed by atoms with Gasteiger partial charge in [0.2, 0.25) is 0 Å². The van der Waals surface area contributed by atoms with Gasteiger partial charge in [-0.25, -0.2) is 4.79 Å². The van der Waals surface area contributed by atoms with Gasteiger partial charge in [0, 0.05) is 6.08 Å². The summed E-state index contributed by atoms with van der Waals surface area (Å²) in [7, 11) is -4.16. The molecule has 0 saturated heterocycles.